The smallest absolute Gasteiger partial charge is 0.240 e. The van der Waals surface area contributed by atoms with Crippen molar-refractivity contribution in [1.82, 2.24) is 9.78 Å². The van der Waals surface area contributed by atoms with Crippen molar-refractivity contribution in [1.29, 1.82) is 0 Å². The number of aryl methyl sites for hydroxylation is 1. The summed E-state index contributed by atoms with van der Waals surface area (Å²) in [5.74, 6) is 0.510. The molecule has 1 saturated heterocycles. The summed E-state index contributed by atoms with van der Waals surface area (Å²) in [6, 6.07) is 16.7. The molecule has 2 N–H and O–H groups in total. The minimum Gasteiger partial charge on any atom is -0.456 e. The summed E-state index contributed by atoms with van der Waals surface area (Å²) < 4.78 is 7.97. The van der Waals surface area contributed by atoms with Crippen molar-refractivity contribution in [2.75, 3.05) is 4.90 Å². The van der Waals surface area contributed by atoms with Crippen LogP contribution in [0, 0.1) is 6.92 Å². The van der Waals surface area contributed by atoms with E-state index in [0.29, 0.717) is 23.8 Å². The number of carbonyl (C=O) groups is 2. The Morgan fingerprint density at radius 2 is 2.00 bits per heavy atom. The molecule has 2 amide bonds. The van der Waals surface area contributed by atoms with E-state index in [1.165, 1.54) is 4.90 Å². The highest BCUT2D eigenvalue weighted by molar-refractivity contribution is 6.31. The second-order valence-corrected chi connectivity index (χ2v) is 8.42. The van der Waals surface area contributed by atoms with Gasteiger partial charge in [-0.15, -0.1) is 0 Å². The van der Waals surface area contributed by atoms with E-state index >= 15 is 0 Å². The molecular formula is C24H21ClN4O3. The van der Waals surface area contributed by atoms with Gasteiger partial charge in [0, 0.05) is 39.7 Å². The molecule has 2 aromatic carbocycles. The second-order valence-electron chi connectivity index (χ2n) is 7.98. The number of primary amides is 1. The van der Waals surface area contributed by atoms with Crippen LogP contribution < -0.4 is 10.6 Å². The van der Waals surface area contributed by atoms with Crippen LogP contribution in [0.15, 0.2) is 59.0 Å². The topological polar surface area (TPSA) is 94.4 Å². The minimum absolute atomic E-state index is 0.151. The van der Waals surface area contributed by atoms with Crippen LogP contribution >= 0.6 is 11.6 Å². The van der Waals surface area contributed by atoms with Crippen LogP contribution in [0.25, 0.3) is 22.3 Å². The molecule has 8 heteroatoms. The van der Waals surface area contributed by atoms with Crippen LogP contribution in [0.5, 0.6) is 0 Å². The van der Waals surface area contributed by atoms with E-state index in [1.807, 2.05) is 55.5 Å². The molecule has 32 heavy (non-hydrogen) atoms. The van der Waals surface area contributed by atoms with Gasteiger partial charge in [0.25, 0.3) is 0 Å². The van der Waals surface area contributed by atoms with E-state index in [0.717, 1.165) is 33.6 Å². The molecule has 1 fully saturated rings. The Hall–Kier alpha value is -3.58. The van der Waals surface area contributed by atoms with E-state index in [9.17, 15) is 9.59 Å². The number of hydrogen-bond acceptors (Lipinski definition) is 4. The number of rotatable bonds is 5. The molecule has 5 rings (SSSR count). The third-order valence-electron chi connectivity index (χ3n) is 5.79. The number of furan rings is 1. The number of nitrogens with zero attached hydrogens (tertiary/aromatic N) is 3. The Kier molecular flexibility index (Phi) is 4.98. The molecule has 1 aliphatic heterocycles. The lowest BCUT2D eigenvalue weighted by molar-refractivity contribution is -0.121. The first-order valence-electron chi connectivity index (χ1n) is 10.3. The summed E-state index contributed by atoms with van der Waals surface area (Å²) in [6.45, 7) is 2.30. The maximum atomic E-state index is 12.4. The normalized spacial score (nSPS) is 16.2. The van der Waals surface area contributed by atoms with Gasteiger partial charge >= 0.3 is 0 Å². The number of anilines is 1. The number of fused-ring (bicyclic) bond motifs is 1. The molecule has 7 nitrogen and oxygen atoms in total. The Balaban J connectivity index is 1.52. The summed E-state index contributed by atoms with van der Waals surface area (Å²) in [6.07, 6.45) is 0.687. The fourth-order valence-corrected chi connectivity index (χ4v) is 4.47. The van der Waals surface area contributed by atoms with E-state index in [2.05, 4.69) is 5.10 Å². The van der Waals surface area contributed by atoms with E-state index in [-0.39, 0.29) is 12.3 Å². The molecule has 0 unspecified atom stereocenters. The summed E-state index contributed by atoms with van der Waals surface area (Å²) >= 11 is 6.39. The number of carbonyl (C=O) groups excluding carboxylic acids is 2. The van der Waals surface area contributed by atoms with Gasteiger partial charge in [-0.05, 0) is 31.5 Å². The van der Waals surface area contributed by atoms with Gasteiger partial charge in [0.1, 0.15) is 17.4 Å². The van der Waals surface area contributed by atoms with Gasteiger partial charge in [-0.1, -0.05) is 41.9 Å². The first-order valence-corrected chi connectivity index (χ1v) is 10.7. The maximum absolute atomic E-state index is 12.4. The molecule has 162 valence electrons. The van der Waals surface area contributed by atoms with Crippen molar-refractivity contribution < 1.29 is 14.0 Å². The first kappa shape index (κ1) is 20.3. The van der Waals surface area contributed by atoms with Crippen LogP contribution in [0.1, 0.15) is 24.1 Å². The Bertz CT molecular complexity index is 1340. The van der Waals surface area contributed by atoms with Crippen molar-refractivity contribution in [3.05, 3.63) is 70.9 Å². The van der Waals surface area contributed by atoms with Crippen LogP contribution in [-0.4, -0.2) is 27.6 Å². The van der Waals surface area contributed by atoms with Gasteiger partial charge in [-0.3, -0.25) is 19.2 Å². The van der Waals surface area contributed by atoms with E-state index in [1.54, 1.807) is 10.7 Å². The predicted molar refractivity (Wildman–Crippen MR) is 122 cm³/mol. The van der Waals surface area contributed by atoms with E-state index < -0.39 is 11.9 Å². The Morgan fingerprint density at radius 1 is 1.22 bits per heavy atom. The van der Waals surface area contributed by atoms with Crippen molar-refractivity contribution >= 4 is 40.2 Å². The highest BCUT2D eigenvalue weighted by atomic mass is 35.5. The fourth-order valence-electron chi connectivity index (χ4n) is 4.22. The highest BCUT2D eigenvalue weighted by Gasteiger charge is 2.37. The molecule has 0 aliphatic carbocycles. The van der Waals surface area contributed by atoms with Gasteiger partial charge in [0.15, 0.2) is 5.82 Å². The fraction of sp³-hybridized carbons (Fsp3) is 0.208. The van der Waals surface area contributed by atoms with Crippen molar-refractivity contribution in [2.45, 2.75) is 32.4 Å². The highest BCUT2D eigenvalue weighted by Crippen LogP contribution is 2.33. The SMILES string of the molecule is Cc1cc(N2C(=O)CC[C@H]2C(N)=O)nn1Cc1cc(Cl)cc2cc(-c3ccccc3)oc12. The molecule has 0 saturated carbocycles. The van der Waals surface area contributed by atoms with Gasteiger partial charge < -0.3 is 10.2 Å². The number of benzene rings is 2. The quantitative estimate of drug-likeness (QED) is 0.492. The third-order valence-corrected chi connectivity index (χ3v) is 6.01. The molecule has 4 aromatic rings. The standard InChI is InChI=1S/C24H21ClN4O3/c1-14-9-21(29-19(24(26)31)7-8-22(29)30)27-28(14)13-17-11-18(25)10-16-12-20(32-23(16)17)15-5-3-2-4-6-15/h2-6,9-12,19H,7-8,13H2,1H3,(H2,26,31)/t19-/m0/s1. The lowest BCUT2D eigenvalue weighted by atomic mass is 10.1. The average molecular weight is 449 g/mol. The molecule has 1 aliphatic rings. The minimum atomic E-state index is -0.665. The number of nitrogens with two attached hydrogens (primary N) is 1. The van der Waals surface area contributed by atoms with Gasteiger partial charge in [-0.2, -0.15) is 5.10 Å². The lowest BCUT2D eigenvalue weighted by Crippen LogP contribution is -2.42. The number of hydrogen-bond donors (Lipinski definition) is 1. The maximum Gasteiger partial charge on any atom is 0.240 e. The number of amides is 2. The number of halogens is 1. The zero-order chi connectivity index (χ0) is 22.4. The van der Waals surface area contributed by atoms with Crippen LogP contribution in [0.4, 0.5) is 5.82 Å². The molecule has 1 atom stereocenters. The van der Waals surface area contributed by atoms with Gasteiger partial charge in [0.05, 0.1) is 6.54 Å². The van der Waals surface area contributed by atoms with Crippen LogP contribution in [0.3, 0.4) is 0 Å². The van der Waals surface area contributed by atoms with Crippen LogP contribution in [0.2, 0.25) is 5.02 Å². The van der Waals surface area contributed by atoms with Crippen molar-refractivity contribution in [2.24, 2.45) is 5.73 Å². The van der Waals surface area contributed by atoms with E-state index in [4.69, 9.17) is 21.8 Å². The summed E-state index contributed by atoms with van der Waals surface area (Å²) in [7, 11) is 0. The molecule has 0 bridgehead atoms. The Labute approximate surface area is 189 Å². The third kappa shape index (κ3) is 3.54. The monoisotopic (exact) mass is 448 g/mol. The molecule has 3 heterocycles. The van der Waals surface area contributed by atoms with Gasteiger partial charge in [-0.25, -0.2) is 0 Å². The first-order chi connectivity index (χ1) is 15.4. The molecule has 2 aromatic heterocycles. The van der Waals surface area contributed by atoms with Gasteiger partial charge in [0.2, 0.25) is 11.8 Å². The summed E-state index contributed by atoms with van der Waals surface area (Å²) in [5.41, 5.74) is 8.91. The molecule has 0 spiro atoms. The average Bonchev–Trinajstić information content (AvgIpc) is 3.45. The second kappa shape index (κ2) is 7.84. The largest absolute Gasteiger partial charge is 0.456 e. The van der Waals surface area contributed by atoms with Crippen LogP contribution in [-0.2, 0) is 16.1 Å². The Morgan fingerprint density at radius 3 is 2.75 bits per heavy atom. The molecular weight excluding hydrogens is 428 g/mol. The number of aromatic nitrogens is 2. The lowest BCUT2D eigenvalue weighted by Gasteiger charge is -2.19. The predicted octanol–water partition coefficient (Wildman–Crippen LogP) is 4.29. The van der Waals surface area contributed by atoms with Crippen molar-refractivity contribution in [3.8, 4) is 11.3 Å². The zero-order valence-corrected chi connectivity index (χ0v) is 18.2. The van der Waals surface area contributed by atoms with Crippen molar-refractivity contribution in [3.63, 3.8) is 0 Å². The molecule has 0 radical (unpaired) electrons. The summed E-state index contributed by atoms with van der Waals surface area (Å²) in [4.78, 5) is 25.5. The summed E-state index contributed by atoms with van der Waals surface area (Å²) in [5, 5.41) is 6.10. The zero-order valence-electron chi connectivity index (χ0n) is 17.4.